The maximum atomic E-state index is 13.6. The first-order valence-electron chi connectivity index (χ1n) is 11.8. The fraction of sp³-hybridized carbons (Fsp3) is 0.538. The Hall–Kier alpha value is -3.36. The normalized spacial score (nSPS) is 14.7. The molecule has 1 N–H and O–H groups in total. The third kappa shape index (κ3) is 6.01. The highest BCUT2D eigenvalue weighted by Gasteiger charge is 2.37. The van der Waals surface area contributed by atoms with Gasteiger partial charge in [-0.3, -0.25) is 9.59 Å². The summed E-state index contributed by atoms with van der Waals surface area (Å²) in [6, 6.07) is 8.88. The molecule has 0 unspecified atom stereocenters. The Morgan fingerprint density at radius 3 is 2.20 bits per heavy atom. The Kier molecular flexibility index (Phi) is 7.29. The molecule has 0 radical (unpaired) electrons. The van der Waals surface area contributed by atoms with Crippen LogP contribution in [0.1, 0.15) is 57.7 Å². The first-order valence-corrected chi connectivity index (χ1v) is 11.8. The second kappa shape index (κ2) is 9.71. The molecule has 3 rings (SSSR count). The van der Waals surface area contributed by atoms with Crippen molar-refractivity contribution in [1.29, 1.82) is 0 Å². The molecule has 0 fully saturated rings. The number of aromatic nitrogens is 2. The number of benzene rings is 1. The van der Waals surface area contributed by atoms with Gasteiger partial charge in [0.2, 0.25) is 5.91 Å². The molecule has 9 nitrogen and oxygen atoms in total. The third-order valence-electron chi connectivity index (χ3n) is 5.73. The first-order chi connectivity index (χ1) is 16.2. The van der Waals surface area contributed by atoms with Gasteiger partial charge in [0.25, 0.3) is 5.91 Å². The van der Waals surface area contributed by atoms with E-state index in [9.17, 15) is 14.4 Å². The number of carbonyl (C=O) groups is 3. The van der Waals surface area contributed by atoms with Gasteiger partial charge in [0.1, 0.15) is 17.5 Å². The standard InChI is InChI=1S/C26H37N5O4/c1-25(2,3)20(23(33)29(7)8)28-22(32)19-18-16-30(24(34)35-26(4,5)6)14-15-31(18)21(27-19)17-12-10-9-11-13-17/h9-13,20H,14-16H2,1-8H3,(H,28,32)/t20-/m1/s1. The van der Waals surface area contributed by atoms with Crippen molar-refractivity contribution in [1.82, 2.24) is 24.7 Å². The molecule has 0 saturated heterocycles. The second-order valence-electron chi connectivity index (χ2n) is 11.2. The molecule has 1 atom stereocenters. The van der Waals surface area contributed by atoms with Crippen LogP contribution >= 0.6 is 0 Å². The minimum atomic E-state index is -0.743. The molecule has 3 amide bonds. The van der Waals surface area contributed by atoms with Crippen molar-refractivity contribution in [2.24, 2.45) is 5.41 Å². The summed E-state index contributed by atoms with van der Waals surface area (Å²) < 4.78 is 7.53. The molecule has 0 aliphatic carbocycles. The number of carbonyl (C=O) groups excluding carboxylic acids is 3. The summed E-state index contributed by atoms with van der Waals surface area (Å²) in [7, 11) is 3.33. The summed E-state index contributed by atoms with van der Waals surface area (Å²) in [5.41, 5.74) is 0.551. The zero-order valence-electron chi connectivity index (χ0n) is 22.0. The first kappa shape index (κ1) is 26.2. The van der Waals surface area contributed by atoms with Gasteiger partial charge in [0, 0.05) is 32.7 Å². The predicted molar refractivity (Wildman–Crippen MR) is 134 cm³/mol. The van der Waals surface area contributed by atoms with Crippen LogP contribution in [0.3, 0.4) is 0 Å². The highest BCUT2D eigenvalue weighted by atomic mass is 16.6. The molecule has 2 aromatic rings. The number of nitrogens with zero attached hydrogens (tertiary/aromatic N) is 4. The maximum absolute atomic E-state index is 13.6. The van der Waals surface area contributed by atoms with Crippen molar-refractivity contribution >= 4 is 17.9 Å². The van der Waals surface area contributed by atoms with E-state index in [1.54, 1.807) is 19.0 Å². The van der Waals surface area contributed by atoms with E-state index in [0.29, 0.717) is 24.6 Å². The number of hydrogen-bond acceptors (Lipinski definition) is 5. The van der Waals surface area contributed by atoms with Crippen LogP contribution in [-0.2, 0) is 22.6 Å². The van der Waals surface area contributed by atoms with Crippen molar-refractivity contribution in [2.45, 2.75) is 66.3 Å². The average Bonchev–Trinajstić information content (AvgIpc) is 3.14. The molecule has 0 bridgehead atoms. The number of ether oxygens (including phenoxy) is 1. The summed E-state index contributed by atoms with van der Waals surface area (Å²) in [5.74, 6) is 0.00974. The van der Waals surface area contributed by atoms with Gasteiger partial charge in [-0.15, -0.1) is 0 Å². The van der Waals surface area contributed by atoms with E-state index < -0.39 is 29.1 Å². The Morgan fingerprint density at radius 2 is 1.66 bits per heavy atom. The lowest BCUT2D eigenvalue weighted by atomic mass is 9.85. The Labute approximate surface area is 207 Å². The number of amides is 3. The van der Waals surface area contributed by atoms with Crippen LogP contribution in [0.25, 0.3) is 11.4 Å². The fourth-order valence-corrected chi connectivity index (χ4v) is 3.95. The Morgan fingerprint density at radius 1 is 1.03 bits per heavy atom. The minimum absolute atomic E-state index is 0.180. The summed E-state index contributed by atoms with van der Waals surface area (Å²) in [4.78, 5) is 47.0. The lowest BCUT2D eigenvalue weighted by Gasteiger charge is -2.33. The smallest absolute Gasteiger partial charge is 0.410 e. The molecular formula is C26H37N5O4. The summed E-state index contributed by atoms with van der Waals surface area (Å²) in [6.07, 6.45) is -0.437. The number of rotatable bonds is 4. The van der Waals surface area contributed by atoms with Crippen LogP contribution in [0, 0.1) is 5.41 Å². The van der Waals surface area contributed by atoms with Crippen LogP contribution in [-0.4, -0.2) is 69.5 Å². The molecule has 0 spiro atoms. The monoisotopic (exact) mass is 483 g/mol. The maximum Gasteiger partial charge on any atom is 0.410 e. The van der Waals surface area contributed by atoms with Crippen molar-refractivity contribution in [3.8, 4) is 11.4 Å². The van der Waals surface area contributed by atoms with Crippen LogP contribution in [0.15, 0.2) is 30.3 Å². The fourth-order valence-electron chi connectivity index (χ4n) is 3.95. The van der Waals surface area contributed by atoms with E-state index in [1.807, 2.05) is 76.4 Å². The molecule has 2 heterocycles. The molecule has 190 valence electrons. The van der Waals surface area contributed by atoms with E-state index >= 15 is 0 Å². The van der Waals surface area contributed by atoms with Gasteiger partial charge in [0.05, 0.1) is 12.2 Å². The Balaban J connectivity index is 2.01. The lowest BCUT2D eigenvalue weighted by molar-refractivity contribution is -0.133. The number of imidazole rings is 1. The minimum Gasteiger partial charge on any atom is -0.444 e. The molecule has 1 aromatic carbocycles. The van der Waals surface area contributed by atoms with Crippen LogP contribution in [0.2, 0.25) is 0 Å². The quantitative estimate of drug-likeness (QED) is 0.718. The summed E-state index contributed by atoms with van der Waals surface area (Å²) in [5, 5.41) is 2.91. The van der Waals surface area contributed by atoms with Crippen molar-refractivity contribution in [3.63, 3.8) is 0 Å². The van der Waals surface area contributed by atoms with Crippen molar-refractivity contribution < 1.29 is 19.1 Å². The van der Waals surface area contributed by atoms with Crippen molar-refractivity contribution in [3.05, 3.63) is 41.7 Å². The number of hydrogen-bond donors (Lipinski definition) is 1. The molecule has 0 saturated carbocycles. The molecule has 9 heteroatoms. The van der Waals surface area contributed by atoms with Crippen molar-refractivity contribution in [2.75, 3.05) is 20.6 Å². The molecule has 1 aliphatic rings. The van der Waals surface area contributed by atoms with Crippen LogP contribution in [0.4, 0.5) is 4.79 Å². The Bertz CT molecular complexity index is 1090. The lowest BCUT2D eigenvalue weighted by Crippen LogP contribution is -2.53. The highest BCUT2D eigenvalue weighted by Crippen LogP contribution is 2.28. The zero-order chi connectivity index (χ0) is 26.1. The topological polar surface area (TPSA) is 96.8 Å². The largest absolute Gasteiger partial charge is 0.444 e. The molecule has 1 aliphatic heterocycles. The van der Waals surface area contributed by atoms with E-state index in [0.717, 1.165) is 5.56 Å². The average molecular weight is 484 g/mol. The van der Waals surface area contributed by atoms with Gasteiger partial charge in [-0.2, -0.15) is 0 Å². The molecule has 35 heavy (non-hydrogen) atoms. The summed E-state index contributed by atoms with van der Waals surface area (Å²) >= 11 is 0. The number of fused-ring (bicyclic) bond motifs is 1. The SMILES string of the molecule is CN(C)C(=O)[C@@H](NC(=O)c1nc(-c2ccccc2)n2c1CN(C(=O)OC(C)(C)C)CC2)C(C)(C)C. The van der Waals surface area contributed by atoms with Gasteiger partial charge in [-0.25, -0.2) is 9.78 Å². The van der Waals surface area contributed by atoms with Gasteiger partial charge in [-0.1, -0.05) is 51.1 Å². The van der Waals surface area contributed by atoms with Gasteiger partial charge < -0.3 is 24.4 Å². The highest BCUT2D eigenvalue weighted by molar-refractivity contribution is 5.98. The second-order valence-corrected chi connectivity index (χ2v) is 11.2. The summed E-state index contributed by atoms with van der Waals surface area (Å²) in [6.45, 7) is 12.3. The van der Waals surface area contributed by atoms with E-state index in [4.69, 9.17) is 9.72 Å². The molecule has 1 aromatic heterocycles. The number of likely N-dealkylation sites (N-methyl/N-ethyl adjacent to an activating group) is 1. The van der Waals surface area contributed by atoms with Crippen LogP contribution in [0.5, 0.6) is 0 Å². The van der Waals surface area contributed by atoms with Gasteiger partial charge >= 0.3 is 6.09 Å². The number of nitrogens with one attached hydrogen (secondary N) is 1. The third-order valence-corrected chi connectivity index (χ3v) is 5.73. The van der Waals surface area contributed by atoms with E-state index in [-0.39, 0.29) is 18.1 Å². The van der Waals surface area contributed by atoms with E-state index in [2.05, 4.69) is 5.32 Å². The predicted octanol–water partition coefficient (Wildman–Crippen LogP) is 3.53. The van der Waals surface area contributed by atoms with Crippen LogP contribution < -0.4 is 5.32 Å². The molecular weight excluding hydrogens is 446 g/mol. The van der Waals surface area contributed by atoms with Gasteiger partial charge in [-0.05, 0) is 26.2 Å². The zero-order valence-corrected chi connectivity index (χ0v) is 22.0. The van der Waals surface area contributed by atoms with E-state index in [1.165, 1.54) is 4.90 Å². The van der Waals surface area contributed by atoms with Gasteiger partial charge in [0.15, 0.2) is 5.69 Å².